The van der Waals surface area contributed by atoms with Crippen LogP contribution in [0.1, 0.15) is 33.6 Å². The van der Waals surface area contributed by atoms with Gasteiger partial charge in [-0.3, -0.25) is 9.59 Å². The fraction of sp³-hybridized carbons (Fsp3) is 0.333. The molecular weight excluding hydrogens is 422 g/mol. The molecule has 2 amide bonds. The predicted octanol–water partition coefficient (Wildman–Crippen LogP) is 5.03. The van der Waals surface area contributed by atoms with Crippen molar-refractivity contribution < 1.29 is 35.9 Å². The van der Waals surface area contributed by atoms with E-state index < -0.39 is 47.0 Å². The number of alkyl halides is 6. The zero-order chi connectivity index (χ0) is 21.4. The lowest BCUT2D eigenvalue weighted by Crippen LogP contribution is -2.43. The Morgan fingerprint density at radius 2 is 1.66 bits per heavy atom. The van der Waals surface area contributed by atoms with Gasteiger partial charge in [0.05, 0.1) is 16.0 Å². The van der Waals surface area contributed by atoms with Gasteiger partial charge < -0.3 is 10.2 Å². The fourth-order valence-corrected chi connectivity index (χ4v) is 3.76. The first-order chi connectivity index (χ1) is 13.5. The number of nitrogens with one attached hydrogen (secondary N) is 1. The molecule has 3 rings (SSSR count). The van der Waals surface area contributed by atoms with Crippen LogP contribution in [0.3, 0.4) is 0 Å². The summed E-state index contributed by atoms with van der Waals surface area (Å²) < 4.78 is 77.8. The Bertz CT molecular complexity index is 876. The zero-order valence-electron chi connectivity index (χ0n) is 14.6. The van der Waals surface area contributed by atoms with E-state index in [0.29, 0.717) is 23.4 Å². The van der Waals surface area contributed by atoms with Crippen molar-refractivity contribution in [1.29, 1.82) is 0 Å². The number of thiophene rings is 1. The molecule has 1 atom stereocenters. The minimum Gasteiger partial charge on any atom is -0.326 e. The van der Waals surface area contributed by atoms with Gasteiger partial charge in [-0.25, -0.2) is 0 Å². The van der Waals surface area contributed by atoms with Crippen molar-refractivity contribution >= 4 is 28.8 Å². The quantitative estimate of drug-likeness (QED) is 0.687. The second-order valence-electron chi connectivity index (χ2n) is 6.42. The third kappa shape index (κ3) is 4.72. The summed E-state index contributed by atoms with van der Waals surface area (Å²) in [6, 6.07) is 3.11. The highest BCUT2D eigenvalue weighted by molar-refractivity contribution is 7.12. The first-order valence-electron chi connectivity index (χ1n) is 8.41. The summed E-state index contributed by atoms with van der Waals surface area (Å²) in [4.78, 5) is 26.7. The largest absolute Gasteiger partial charge is 0.416 e. The second-order valence-corrected chi connectivity index (χ2v) is 7.37. The summed E-state index contributed by atoms with van der Waals surface area (Å²) in [5, 5.41) is 3.79. The molecule has 1 aromatic heterocycles. The molecule has 1 aliphatic rings. The fourth-order valence-electron chi connectivity index (χ4n) is 3.08. The molecule has 2 heterocycles. The van der Waals surface area contributed by atoms with Gasteiger partial charge >= 0.3 is 12.4 Å². The van der Waals surface area contributed by atoms with Crippen LogP contribution in [-0.2, 0) is 17.1 Å². The normalized spacial score (nSPS) is 17.4. The predicted molar refractivity (Wildman–Crippen MR) is 93.5 cm³/mol. The van der Waals surface area contributed by atoms with Crippen molar-refractivity contribution in [3.63, 3.8) is 0 Å². The van der Waals surface area contributed by atoms with Gasteiger partial charge in [-0.2, -0.15) is 26.3 Å². The first kappa shape index (κ1) is 21.2. The number of hydrogen-bond acceptors (Lipinski definition) is 3. The first-order valence-corrected chi connectivity index (χ1v) is 9.29. The van der Waals surface area contributed by atoms with Crippen LogP contribution in [0, 0.1) is 0 Å². The SMILES string of the molecule is O=C(Nc1cc(C(F)(F)F)cc(C(F)(F)F)c1)[C@@H]1CCCN1C(=O)c1cccs1. The van der Waals surface area contributed by atoms with E-state index >= 15 is 0 Å². The minimum atomic E-state index is -5.02. The van der Waals surface area contributed by atoms with Crippen molar-refractivity contribution in [2.24, 2.45) is 0 Å². The second kappa shape index (κ2) is 7.69. The van der Waals surface area contributed by atoms with E-state index in [-0.39, 0.29) is 19.0 Å². The van der Waals surface area contributed by atoms with Crippen LogP contribution in [0.15, 0.2) is 35.7 Å². The minimum absolute atomic E-state index is 0.0160. The molecule has 4 nitrogen and oxygen atoms in total. The molecule has 11 heteroatoms. The molecule has 1 aromatic carbocycles. The van der Waals surface area contributed by atoms with Crippen molar-refractivity contribution in [3.05, 3.63) is 51.7 Å². The number of carbonyl (C=O) groups excluding carboxylic acids is 2. The van der Waals surface area contributed by atoms with Crippen molar-refractivity contribution in [3.8, 4) is 0 Å². The van der Waals surface area contributed by atoms with E-state index in [9.17, 15) is 35.9 Å². The lowest BCUT2D eigenvalue weighted by molar-refractivity contribution is -0.143. The van der Waals surface area contributed by atoms with Crippen molar-refractivity contribution in [2.75, 3.05) is 11.9 Å². The summed E-state index contributed by atoms with van der Waals surface area (Å²) in [6.07, 6.45) is -9.29. The number of benzene rings is 1. The molecular formula is C18H14F6N2O2S. The number of hydrogen-bond donors (Lipinski definition) is 1. The number of carbonyl (C=O) groups is 2. The third-order valence-corrected chi connectivity index (χ3v) is 5.26. The molecule has 0 saturated carbocycles. The maximum absolute atomic E-state index is 13.0. The van der Waals surface area contributed by atoms with Gasteiger partial charge in [-0.1, -0.05) is 6.07 Å². The van der Waals surface area contributed by atoms with Gasteiger partial charge in [0.25, 0.3) is 5.91 Å². The Balaban J connectivity index is 1.85. The molecule has 1 saturated heterocycles. The van der Waals surface area contributed by atoms with Gasteiger partial charge in [0, 0.05) is 12.2 Å². The maximum atomic E-state index is 13.0. The summed E-state index contributed by atoms with van der Waals surface area (Å²) in [6.45, 7) is 0.269. The summed E-state index contributed by atoms with van der Waals surface area (Å²) >= 11 is 1.17. The smallest absolute Gasteiger partial charge is 0.326 e. The lowest BCUT2D eigenvalue weighted by Gasteiger charge is -2.24. The van der Waals surface area contributed by atoms with Crippen LogP contribution < -0.4 is 5.32 Å². The standard InChI is InChI=1S/C18H14F6N2O2S/c19-17(20,21)10-7-11(18(22,23)24)9-12(8-10)25-15(27)13-3-1-5-26(13)16(28)14-4-2-6-29-14/h2,4,6-9,13H,1,3,5H2,(H,25,27)/t13-/m0/s1. The Morgan fingerprint density at radius 1 is 1.03 bits per heavy atom. The highest BCUT2D eigenvalue weighted by atomic mass is 32.1. The highest BCUT2D eigenvalue weighted by Gasteiger charge is 2.38. The van der Waals surface area contributed by atoms with E-state index in [1.807, 2.05) is 0 Å². The zero-order valence-corrected chi connectivity index (χ0v) is 15.4. The van der Waals surface area contributed by atoms with Crippen LogP contribution in [0.4, 0.5) is 32.0 Å². The third-order valence-electron chi connectivity index (χ3n) is 4.40. The molecule has 0 spiro atoms. The molecule has 29 heavy (non-hydrogen) atoms. The number of nitrogens with zero attached hydrogens (tertiary/aromatic N) is 1. The molecule has 0 aliphatic carbocycles. The van der Waals surface area contributed by atoms with Crippen molar-refractivity contribution in [2.45, 2.75) is 31.2 Å². The Labute approximate surface area is 165 Å². The Hall–Kier alpha value is -2.56. The molecule has 2 aromatic rings. The van der Waals surface area contributed by atoms with E-state index in [1.165, 1.54) is 16.2 Å². The lowest BCUT2D eigenvalue weighted by atomic mass is 10.1. The number of likely N-dealkylation sites (tertiary alicyclic amines) is 1. The van der Waals surface area contributed by atoms with Crippen LogP contribution in [0.5, 0.6) is 0 Å². The Morgan fingerprint density at radius 3 is 2.17 bits per heavy atom. The molecule has 0 bridgehead atoms. The molecule has 1 fully saturated rings. The molecule has 1 N–H and O–H groups in total. The number of rotatable bonds is 3. The topological polar surface area (TPSA) is 49.4 Å². The van der Waals surface area contributed by atoms with Gasteiger partial charge in [0.1, 0.15) is 6.04 Å². The van der Waals surface area contributed by atoms with Crippen LogP contribution in [-0.4, -0.2) is 29.3 Å². The summed E-state index contributed by atoms with van der Waals surface area (Å²) in [5.41, 5.74) is -3.69. The Kier molecular flexibility index (Phi) is 5.61. The number of halogens is 6. The monoisotopic (exact) mass is 436 g/mol. The highest BCUT2D eigenvalue weighted by Crippen LogP contribution is 2.37. The van der Waals surface area contributed by atoms with E-state index in [0.717, 1.165) is 0 Å². The van der Waals surface area contributed by atoms with Gasteiger partial charge in [-0.15, -0.1) is 11.3 Å². The number of amides is 2. The van der Waals surface area contributed by atoms with E-state index in [4.69, 9.17) is 0 Å². The average molecular weight is 436 g/mol. The van der Waals surface area contributed by atoms with Gasteiger partial charge in [0.15, 0.2) is 0 Å². The summed E-state index contributed by atoms with van der Waals surface area (Å²) in [5.74, 6) is -1.24. The summed E-state index contributed by atoms with van der Waals surface area (Å²) in [7, 11) is 0. The van der Waals surface area contributed by atoms with Gasteiger partial charge in [0.2, 0.25) is 5.91 Å². The van der Waals surface area contributed by atoms with Crippen LogP contribution in [0.2, 0.25) is 0 Å². The molecule has 0 radical (unpaired) electrons. The molecule has 1 aliphatic heterocycles. The van der Waals surface area contributed by atoms with Crippen LogP contribution >= 0.6 is 11.3 Å². The van der Waals surface area contributed by atoms with E-state index in [2.05, 4.69) is 5.32 Å². The average Bonchev–Trinajstić information content (AvgIpc) is 3.31. The molecule has 0 unspecified atom stereocenters. The molecule has 156 valence electrons. The van der Waals surface area contributed by atoms with Crippen LogP contribution in [0.25, 0.3) is 0 Å². The van der Waals surface area contributed by atoms with Gasteiger partial charge in [-0.05, 0) is 42.5 Å². The van der Waals surface area contributed by atoms with Crippen molar-refractivity contribution in [1.82, 2.24) is 4.90 Å². The number of anilines is 1. The van der Waals surface area contributed by atoms with E-state index in [1.54, 1.807) is 17.5 Å². The maximum Gasteiger partial charge on any atom is 0.416 e.